The first-order valence-corrected chi connectivity index (χ1v) is 5.84. The van der Waals surface area contributed by atoms with Gasteiger partial charge < -0.3 is 16.2 Å². The molecule has 1 atom stereocenters. The van der Waals surface area contributed by atoms with Crippen molar-refractivity contribution >= 4 is 17.3 Å². The lowest BCUT2D eigenvalue weighted by molar-refractivity contribution is 0.413. The summed E-state index contributed by atoms with van der Waals surface area (Å²) in [5.74, 6) is 1.09. The van der Waals surface area contributed by atoms with Crippen LogP contribution in [-0.4, -0.2) is 18.2 Å². The van der Waals surface area contributed by atoms with Gasteiger partial charge in [-0.15, -0.1) is 0 Å². The molecule has 0 fully saturated rings. The minimum Gasteiger partial charge on any atom is -0.506 e. The van der Waals surface area contributed by atoms with Crippen LogP contribution in [0.3, 0.4) is 0 Å². The summed E-state index contributed by atoms with van der Waals surface area (Å²) in [7, 11) is 0. The highest BCUT2D eigenvalue weighted by atomic mass is 35.5. The van der Waals surface area contributed by atoms with Crippen molar-refractivity contribution in [1.82, 2.24) is 0 Å². The standard InChI is InChI=1S/C12H19ClN2O/c1-8(2)9(6-14)7-15-10-3-4-12(16)11(13)5-10/h3-5,8-9,15-16H,6-7,14H2,1-2H3. The number of rotatable bonds is 5. The van der Waals surface area contributed by atoms with Gasteiger partial charge in [0.05, 0.1) is 5.02 Å². The zero-order valence-corrected chi connectivity index (χ0v) is 10.5. The highest BCUT2D eigenvalue weighted by Gasteiger charge is 2.11. The normalized spacial score (nSPS) is 12.8. The molecule has 1 rings (SSSR count). The summed E-state index contributed by atoms with van der Waals surface area (Å²) in [6.07, 6.45) is 0. The molecule has 0 bridgehead atoms. The van der Waals surface area contributed by atoms with Crippen LogP contribution >= 0.6 is 11.6 Å². The average Bonchev–Trinajstić information content (AvgIpc) is 2.23. The third-order valence-electron chi connectivity index (χ3n) is 2.76. The Morgan fingerprint density at radius 1 is 1.44 bits per heavy atom. The van der Waals surface area contributed by atoms with Crippen molar-refractivity contribution in [3.8, 4) is 5.75 Å². The van der Waals surface area contributed by atoms with Crippen molar-refractivity contribution in [1.29, 1.82) is 0 Å². The van der Waals surface area contributed by atoms with Crippen LogP contribution in [0.15, 0.2) is 18.2 Å². The van der Waals surface area contributed by atoms with Crippen LogP contribution in [0.2, 0.25) is 5.02 Å². The maximum atomic E-state index is 9.28. The van der Waals surface area contributed by atoms with Crippen LogP contribution in [-0.2, 0) is 0 Å². The van der Waals surface area contributed by atoms with Crippen molar-refractivity contribution in [2.45, 2.75) is 13.8 Å². The van der Waals surface area contributed by atoms with Gasteiger partial charge in [-0.2, -0.15) is 0 Å². The van der Waals surface area contributed by atoms with Crippen molar-refractivity contribution in [2.24, 2.45) is 17.6 Å². The molecule has 0 aromatic heterocycles. The van der Waals surface area contributed by atoms with E-state index in [0.717, 1.165) is 12.2 Å². The molecule has 0 aliphatic heterocycles. The van der Waals surface area contributed by atoms with Crippen LogP contribution < -0.4 is 11.1 Å². The molecule has 0 aliphatic rings. The zero-order valence-electron chi connectivity index (χ0n) is 9.70. The summed E-state index contributed by atoms with van der Waals surface area (Å²) in [5.41, 5.74) is 6.59. The number of halogens is 1. The molecule has 1 aromatic carbocycles. The largest absolute Gasteiger partial charge is 0.506 e. The number of hydrogen-bond acceptors (Lipinski definition) is 3. The van der Waals surface area contributed by atoms with E-state index in [2.05, 4.69) is 19.2 Å². The molecule has 0 amide bonds. The molecule has 90 valence electrons. The van der Waals surface area contributed by atoms with E-state index in [4.69, 9.17) is 17.3 Å². The molecule has 0 saturated heterocycles. The topological polar surface area (TPSA) is 58.3 Å². The maximum Gasteiger partial charge on any atom is 0.134 e. The van der Waals surface area contributed by atoms with Gasteiger partial charge in [0.1, 0.15) is 5.75 Å². The third-order valence-corrected chi connectivity index (χ3v) is 3.06. The summed E-state index contributed by atoms with van der Waals surface area (Å²) in [4.78, 5) is 0. The molecule has 4 heteroatoms. The maximum absolute atomic E-state index is 9.28. The minimum absolute atomic E-state index is 0.103. The van der Waals surface area contributed by atoms with Crippen molar-refractivity contribution < 1.29 is 5.11 Å². The molecular formula is C12H19ClN2O. The third kappa shape index (κ3) is 3.58. The van der Waals surface area contributed by atoms with Gasteiger partial charge in [0.25, 0.3) is 0 Å². The van der Waals surface area contributed by atoms with E-state index in [1.165, 1.54) is 0 Å². The number of nitrogens with one attached hydrogen (secondary N) is 1. The summed E-state index contributed by atoms with van der Waals surface area (Å²) in [6, 6.07) is 5.09. The first kappa shape index (κ1) is 13.1. The molecular weight excluding hydrogens is 224 g/mol. The monoisotopic (exact) mass is 242 g/mol. The van der Waals surface area contributed by atoms with Crippen molar-refractivity contribution in [3.05, 3.63) is 23.2 Å². The Balaban J connectivity index is 2.57. The number of phenols is 1. The molecule has 0 aliphatic carbocycles. The molecule has 4 N–H and O–H groups in total. The first-order valence-electron chi connectivity index (χ1n) is 5.47. The van der Waals surface area contributed by atoms with E-state index in [1.807, 2.05) is 0 Å². The van der Waals surface area contributed by atoms with Crippen LogP contribution in [0.4, 0.5) is 5.69 Å². The molecule has 1 unspecified atom stereocenters. The Bertz CT molecular complexity index is 342. The molecule has 16 heavy (non-hydrogen) atoms. The fraction of sp³-hybridized carbons (Fsp3) is 0.500. The number of nitrogens with two attached hydrogens (primary N) is 1. The van der Waals surface area contributed by atoms with Crippen LogP contribution in [0.5, 0.6) is 5.75 Å². The summed E-state index contributed by atoms with van der Waals surface area (Å²) in [5, 5.41) is 12.9. The second-order valence-corrected chi connectivity index (χ2v) is 4.69. The number of hydrogen-bond donors (Lipinski definition) is 3. The second-order valence-electron chi connectivity index (χ2n) is 4.29. The summed E-state index contributed by atoms with van der Waals surface area (Å²) >= 11 is 5.81. The van der Waals surface area contributed by atoms with E-state index < -0.39 is 0 Å². The predicted octanol–water partition coefficient (Wildman–Crippen LogP) is 2.69. The SMILES string of the molecule is CC(C)C(CN)CNc1ccc(O)c(Cl)c1. The van der Waals surface area contributed by atoms with Crippen LogP contribution in [0.25, 0.3) is 0 Å². The lowest BCUT2D eigenvalue weighted by Crippen LogP contribution is -2.27. The Labute approximate surface area is 102 Å². The highest BCUT2D eigenvalue weighted by Crippen LogP contribution is 2.26. The molecule has 0 spiro atoms. The Morgan fingerprint density at radius 3 is 2.62 bits per heavy atom. The Kier molecular flexibility index (Phi) is 4.90. The number of anilines is 1. The molecule has 0 saturated carbocycles. The number of phenolic OH excluding ortho intramolecular Hbond substituents is 1. The van der Waals surface area contributed by atoms with Crippen LogP contribution in [0, 0.1) is 11.8 Å². The van der Waals surface area contributed by atoms with Gasteiger partial charge >= 0.3 is 0 Å². The minimum atomic E-state index is 0.103. The van der Waals surface area contributed by atoms with E-state index in [0.29, 0.717) is 23.4 Å². The second kappa shape index (κ2) is 5.97. The smallest absolute Gasteiger partial charge is 0.134 e. The van der Waals surface area contributed by atoms with Crippen LogP contribution in [0.1, 0.15) is 13.8 Å². The Hall–Kier alpha value is -0.930. The quantitative estimate of drug-likeness (QED) is 0.696. The fourth-order valence-corrected chi connectivity index (χ4v) is 1.64. The molecule has 0 radical (unpaired) electrons. The Morgan fingerprint density at radius 2 is 2.12 bits per heavy atom. The first-order chi connectivity index (χ1) is 7.54. The van der Waals surface area contributed by atoms with Gasteiger partial charge in [-0.1, -0.05) is 25.4 Å². The molecule has 1 aromatic rings. The highest BCUT2D eigenvalue weighted by molar-refractivity contribution is 6.32. The summed E-state index contributed by atoms with van der Waals surface area (Å²) < 4.78 is 0. The number of benzene rings is 1. The van der Waals surface area contributed by atoms with Crippen molar-refractivity contribution in [3.63, 3.8) is 0 Å². The van der Waals surface area contributed by atoms with E-state index in [9.17, 15) is 5.11 Å². The van der Waals surface area contributed by atoms with Gasteiger partial charge in [0.2, 0.25) is 0 Å². The number of aromatic hydroxyl groups is 1. The van der Waals surface area contributed by atoms with Gasteiger partial charge in [-0.25, -0.2) is 0 Å². The molecule has 3 nitrogen and oxygen atoms in total. The molecule has 0 heterocycles. The average molecular weight is 243 g/mol. The van der Waals surface area contributed by atoms with E-state index >= 15 is 0 Å². The van der Waals surface area contributed by atoms with Gasteiger partial charge in [0.15, 0.2) is 0 Å². The van der Waals surface area contributed by atoms with Crippen molar-refractivity contribution in [2.75, 3.05) is 18.4 Å². The lowest BCUT2D eigenvalue weighted by atomic mass is 9.96. The lowest BCUT2D eigenvalue weighted by Gasteiger charge is -2.20. The van der Waals surface area contributed by atoms with E-state index in [1.54, 1.807) is 18.2 Å². The zero-order chi connectivity index (χ0) is 12.1. The van der Waals surface area contributed by atoms with Gasteiger partial charge in [-0.05, 0) is 36.6 Å². The van der Waals surface area contributed by atoms with Gasteiger partial charge in [0, 0.05) is 12.2 Å². The van der Waals surface area contributed by atoms with E-state index in [-0.39, 0.29) is 5.75 Å². The fourth-order valence-electron chi connectivity index (χ4n) is 1.46. The summed E-state index contributed by atoms with van der Waals surface area (Å²) in [6.45, 7) is 5.79. The predicted molar refractivity (Wildman–Crippen MR) is 69.0 cm³/mol. The van der Waals surface area contributed by atoms with Gasteiger partial charge in [-0.3, -0.25) is 0 Å².